The molecule has 0 bridgehead atoms. The van der Waals surface area contributed by atoms with Crippen LogP contribution in [0.4, 0.5) is 0 Å². The van der Waals surface area contributed by atoms with E-state index in [-0.39, 0.29) is 4.90 Å². The Morgan fingerprint density at radius 1 is 1.09 bits per heavy atom. The van der Waals surface area contributed by atoms with Crippen molar-refractivity contribution in [3.63, 3.8) is 0 Å². The summed E-state index contributed by atoms with van der Waals surface area (Å²) < 4.78 is 27.4. The van der Waals surface area contributed by atoms with Crippen LogP contribution in [-0.2, 0) is 15.6 Å². The molecule has 0 saturated carbocycles. The normalized spacial score (nSPS) is 14.1. The second-order valence-electron chi connectivity index (χ2n) is 5.16. The predicted octanol–water partition coefficient (Wildman–Crippen LogP) is 3.37. The summed E-state index contributed by atoms with van der Waals surface area (Å²) >= 11 is 5.83. The Morgan fingerprint density at radius 2 is 1.64 bits per heavy atom. The molecule has 2 aromatic carbocycles. The average molecular weight is 335 g/mol. The van der Waals surface area contributed by atoms with Gasteiger partial charge in [-0.1, -0.05) is 41.4 Å². The molecule has 2 aromatic rings. The zero-order chi connectivity index (χ0) is 16.4. The van der Waals surface area contributed by atoms with Gasteiger partial charge in [0.2, 0.25) is 10.0 Å². The summed E-state index contributed by atoms with van der Waals surface area (Å²) in [6.45, 7) is 3.39. The summed E-state index contributed by atoms with van der Waals surface area (Å²) in [6.07, 6.45) is 0. The average Bonchev–Trinajstić information content (AvgIpc) is 2.47. The Labute approximate surface area is 135 Å². The second kappa shape index (κ2) is 6.09. The zero-order valence-electron chi connectivity index (χ0n) is 12.2. The van der Waals surface area contributed by atoms with E-state index in [1.165, 1.54) is 19.1 Å². The number of nitrogens with zero attached hydrogens (tertiary/aromatic N) is 1. The van der Waals surface area contributed by atoms with Crippen LogP contribution in [-0.4, -0.2) is 8.42 Å². The van der Waals surface area contributed by atoms with E-state index in [4.69, 9.17) is 11.6 Å². The lowest BCUT2D eigenvalue weighted by Gasteiger charge is -2.23. The molecule has 2 rings (SSSR count). The maximum Gasteiger partial charge on any atom is 0.242 e. The molecule has 0 heterocycles. The topological polar surface area (TPSA) is 70.0 Å². The summed E-state index contributed by atoms with van der Waals surface area (Å²) in [5, 5.41) is 9.97. The standard InChI is InChI=1S/C16H15ClN2O2S/c1-12-3-9-15(10-4-12)22(20,21)19-16(2,11-18)13-5-7-14(17)8-6-13/h3-10,19H,1-2H3/t16-/m0/s1. The van der Waals surface area contributed by atoms with Crippen molar-refractivity contribution in [2.75, 3.05) is 0 Å². The van der Waals surface area contributed by atoms with Crippen molar-refractivity contribution >= 4 is 21.6 Å². The molecule has 0 radical (unpaired) electrons. The number of hydrogen-bond donors (Lipinski definition) is 1. The fraction of sp³-hybridized carbons (Fsp3) is 0.188. The summed E-state index contributed by atoms with van der Waals surface area (Å²) in [5.74, 6) is 0. The van der Waals surface area contributed by atoms with Crippen molar-refractivity contribution in [1.82, 2.24) is 4.72 Å². The second-order valence-corrected chi connectivity index (χ2v) is 7.28. The minimum Gasteiger partial charge on any atom is -0.207 e. The molecule has 1 N–H and O–H groups in total. The lowest BCUT2D eigenvalue weighted by Crippen LogP contribution is -2.42. The van der Waals surface area contributed by atoms with Gasteiger partial charge >= 0.3 is 0 Å². The van der Waals surface area contributed by atoms with Gasteiger partial charge in [-0.15, -0.1) is 0 Å². The van der Waals surface area contributed by atoms with Crippen molar-refractivity contribution in [3.05, 3.63) is 64.7 Å². The maximum absolute atomic E-state index is 12.5. The molecule has 0 fully saturated rings. The number of sulfonamides is 1. The molecule has 0 aromatic heterocycles. The molecule has 0 aliphatic heterocycles. The number of nitrogens with one attached hydrogen (secondary N) is 1. The van der Waals surface area contributed by atoms with Gasteiger partial charge in [-0.25, -0.2) is 8.42 Å². The van der Waals surface area contributed by atoms with Crippen molar-refractivity contribution in [2.45, 2.75) is 24.3 Å². The van der Waals surface area contributed by atoms with Gasteiger partial charge in [0.15, 0.2) is 0 Å². The summed E-state index contributed by atoms with van der Waals surface area (Å²) in [6, 6.07) is 15.0. The fourth-order valence-corrected chi connectivity index (χ4v) is 3.41. The molecule has 0 spiro atoms. The molecular weight excluding hydrogens is 320 g/mol. The molecule has 0 aliphatic carbocycles. The third kappa shape index (κ3) is 3.47. The minimum atomic E-state index is -3.81. The molecule has 6 heteroatoms. The number of hydrogen-bond acceptors (Lipinski definition) is 3. The first-order valence-corrected chi connectivity index (χ1v) is 8.41. The Balaban J connectivity index is 2.39. The van der Waals surface area contributed by atoms with Gasteiger partial charge in [0, 0.05) is 5.02 Å². The van der Waals surface area contributed by atoms with E-state index in [1.807, 2.05) is 13.0 Å². The van der Waals surface area contributed by atoms with Crippen molar-refractivity contribution < 1.29 is 8.42 Å². The highest BCUT2D eigenvalue weighted by Gasteiger charge is 2.32. The van der Waals surface area contributed by atoms with E-state index in [1.54, 1.807) is 36.4 Å². The molecular formula is C16H15ClN2O2S. The van der Waals surface area contributed by atoms with E-state index in [9.17, 15) is 13.7 Å². The summed E-state index contributed by atoms with van der Waals surface area (Å²) in [7, 11) is -3.81. The molecule has 1 atom stereocenters. The van der Waals surface area contributed by atoms with Crippen LogP contribution in [0.2, 0.25) is 5.02 Å². The van der Waals surface area contributed by atoms with Crippen LogP contribution in [0.15, 0.2) is 53.4 Å². The van der Waals surface area contributed by atoms with Crippen molar-refractivity contribution in [1.29, 1.82) is 5.26 Å². The first-order valence-electron chi connectivity index (χ1n) is 6.55. The van der Waals surface area contributed by atoms with E-state index in [0.717, 1.165) is 5.56 Å². The SMILES string of the molecule is Cc1ccc(S(=O)(=O)N[C@@](C)(C#N)c2ccc(Cl)cc2)cc1. The van der Waals surface area contributed by atoms with E-state index in [2.05, 4.69) is 4.72 Å². The highest BCUT2D eigenvalue weighted by Crippen LogP contribution is 2.24. The molecule has 114 valence electrons. The number of halogens is 1. The highest BCUT2D eigenvalue weighted by molar-refractivity contribution is 7.89. The Kier molecular flexibility index (Phi) is 4.57. The predicted molar refractivity (Wildman–Crippen MR) is 85.9 cm³/mol. The van der Waals surface area contributed by atoms with Crippen LogP contribution >= 0.6 is 11.6 Å². The Hall–Kier alpha value is -1.87. The van der Waals surface area contributed by atoms with Gasteiger partial charge in [0.1, 0.15) is 5.54 Å². The number of aryl methyl sites for hydroxylation is 1. The van der Waals surface area contributed by atoms with Gasteiger partial charge in [0.25, 0.3) is 0 Å². The fourth-order valence-electron chi connectivity index (χ4n) is 1.97. The third-order valence-electron chi connectivity index (χ3n) is 3.31. The molecule has 22 heavy (non-hydrogen) atoms. The molecule has 4 nitrogen and oxygen atoms in total. The smallest absolute Gasteiger partial charge is 0.207 e. The van der Waals surface area contributed by atoms with Crippen LogP contribution in [0, 0.1) is 18.3 Å². The van der Waals surface area contributed by atoms with Gasteiger partial charge in [0.05, 0.1) is 11.0 Å². The molecule has 0 saturated heterocycles. The summed E-state index contributed by atoms with van der Waals surface area (Å²) in [4.78, 5) is 0.119. The Bertz CT molecular complexity index is 809. The molecule has 0 aliphatic rings. The number of rotatable bonds is 4. The number of nitriles is 1. The summed E-state index contributed by atoms with van der Waals surface area (Å²) in [5.41, 5.74) is 0.101. The van der Waals surface area contributed by atoms with Crippen LogP contribution in [0.5, 0.6) is 0 Å². The van der Waals surface area contributed by atoms with Crippen LogP contribution in [0.3, 0.4) is 0 Å². The lowest BCUT2D eigenvalue weighted by atomic mass is 9.95. The third-order valence-corrected chi connectivity index (χ3v) is 5.14. The highest BCUT2D eigenvalue weighted by atomic mass is 35.5. The van der Waals surface area contributed by atoms with Crippen LogP contribution < -0.4 is 4.72 Å². The van der Waals surface area contributed by atoms with Gasteiger partial charge in [-0.2, -0.15) is 9.98 Å². The van der Waals surface area contributed by atoms with E-state index in [0.29, 0.717) is 10.6 Å². The van der Waals surface area contributed by atoms with Crippen LogP contribution in [0.25, 0.3) is 0 Å². The monoisotopic (exact) mass is 334 g/mol. The first kappa shape index (κ1) is 16.5. The zero-order valence-corrected chi connectivity index (χ0v) is 13.7. The minimum absolute atomic E-state index is 0.119. The van der Waals surface area contributed by atoms with Gasteiger partial charge < -0.3 is 0 Å². The quantitative estimate of drug-likeness (QED) is 0.932. The molecule has 0 unspecified atom stereocenters. The van der Waals surface area contributed by atoms with Gasteiger partial charge in [-0.3, -0.25) is 0 Å². The van der Waals surface area contributed by atoms with E-state index >= 15 is 0 Å². The van der Waals surface area contributed by atoms with Gasteiger partial charge in [-0.05, 0) is 43.7 Å². The number of benzene rings is 2. The van der Waals surface area contributed by atoms with Crippen molar-refractivity contribution in [2.24, 2.45) is 0 Å². The van der Waals surface area contributed by atoms with Crippen molar-refractivity contribution in [3.8, 4) is 6.07 Å². The van der Waals surface area contributed by atoms with Crippen LogP contribution in [0.1, 0.15) is 18.1 Å². The Morgan fingerprint density at radius 3 is 2.14 bits per heavy atom. The van der Waals surface area contributed by atoms with E-state index < -0.39 is 15.6 Å². The lowest BCUT2D eigenvalue weighted by molar-refractivity contribution is 0.524. The molecule has 0 amide bonds. The first-order chi connectivity index (χ1) is 10.3. The maximum atomic E-state index is 12.5. The largest absolute Gasteiger partial charge is 0.242 e.